The zero-order valence-corrected chi connectivity index (χ0v) is 14.4. The number of carboxylic acid groups (broad SMARTS) is 1. The van der Waals surface area contributed by atoms with E-state index in [4.69, 9.17) is 5.11 Å². The van der Waals surface area contributed by atoms with Crippen LogP contribution in [0.3, 0.4) is 0 Å². The summed E-state index contributed by atoms with van der Waals surface area (Å²) >= 11 is 0. The first-order valence-corrected chi connectivity index (χ1v) is 8.70. The summed E-state index contributed by atoms with van der Waals surface area (Å²) in [6.45, 7) is 2.21. The molecule has 0 aromatic carbocycles. The van der Waals surface area contributed by atoms with Crippen molar-refractivity contribution in [2.24, 2.45) is 0 Å². The minimum atomic E-state index is -0.760. The molecule has 0 aromatic rings. The number of unbranched alkanes of at least 4 members (excludes halogenated alkanes) is 4. The molecule has 130 valence electrons. The van der Waals surface area contributed by atoms with Gasteiger partial charge in [0, 0.05) is 6.42 Å². The van der Waals surface area contributed by atoms with Crippen LogP contribution in [-0.2, 0) is 4.79 Å². The van der Waals surface area contributed by atoms with Crippen molar-refractivity contribution >= 4 is 5.97 Å². The van der Waals surface area contributed by atoms with Gasteiger partial charge in [0.2, 0.25) is 0 Å². The lowest BCUT2D eigenvalue weighted by molar-refractivity contribution is -0.137. The Morgan fingerprint density at radius 1 is 0.957 bits per heavy atom. The highest BCUT2D eigenvalue weighted by Gasteiger charge is 1.95. The molecule has 0 aromatic heterocycles. The van der Waals surface area contributed by atoms with Crippen molar-refractivity contribution in [1.82, 2.24) is 0 Å². The summed E-state index contributed by atoms with van der Waals surface area (Å²) in [6, 6.07) is 0. The van der Waals surface area contributed by atoms with Crippen molar-refractivity contribution in [3.8, 4) is 0 Å². The fraction of sp³-hybridized carbons (Fsp3) is 0.550. The van der Waals surface area contributed by atoms with E-state index in [1.165, 1.54) is 19.3 Å². The largest absolute Gasteiger partial charge is 0.481 e. The maximum atomic E-state index is 10.3. The Hall–Kier alpha value is -1.61. The Kier molecular flexibility index (Phi) is 15.6. The van der Waals surface area contributed by atoms with Gasteiger partial charge in [0.05, 0.1) is 6.10 Å². The number of aliphatic hydroxyl groups is 1. The maximum Gasteiger partial charge on any atom is 0.303 e. The van der Waals surface area contributed by atoms with Crippen LogP contribution >= 0.6 is 0 Å². The second kappa shape index (κ2) is 16.8. The van der Waals surface area contributed by atoms with Crippen molar-refractivity contribution in [2.75, 3.05) is 0 Å². The van der Waals surface area contributed by atoms with Crippen LogP contribution < -0.4 is 0 Å². The van der Waals surface area contributed by atoms with E-state index in [0.717, 1.165) is 19.3 Å². The molecular weight excluding hydrogens is 288 g/mol. The van der Waals surface area contributed by atoms with Crippen LogP contribution in [0.25, 0.3) is 0 Å². The number of hydrogen-bond donors (Lipinski definition) is 2. The van der Waals surface area contributed by atoms with Crippen LogP contribution in [0.5, 0.6) is 0 Å². The average Bonchev–Trinajstić information content (AvgIpc) is 2.52. The topological polar surface area (TPSA) is 57.5 Å². The summed E-state index contributed by atoms with van der Waals surface area (Å²) in [5, 5.41) is 18.2. The molecule has 3 nitrogen and oxygen atoms in total. The van der Waals surface area contributed by atoms with Gasteiger partial charge in [-0.1, -0.05) is 68.4 Å². The van der Waals surface area contributed by atoms with E-state index in [1.807, 2.05) is 24.3 Å². The molecule has 0 spiro atoms. The van der Waals surface area contributed by atoms with E-state index in [1.54, 1.807) is 6.08 Å². The Morgan fingerprint density at radius 2 is 1.70 bits per heavy atom. The van der Waals surface area contributed by atoms with Crippen molar-refractivity contribution in [1.29, 1.82) is 0 Å². The number of rotatable bonds is 14. The Labute approximate surface area is 141 Å². The van der Waals surface area contributed by atoms with Gasteiger partial charge in [0.1, 0.15) is 0 Å². The minimum absolute atomic E-state index is 0.199. The molecule has 0 aliphatic rings. The Balaban J connectivity index is 3.63. The number of aliphatic hydroxyl groups excluding tert-OH is 1. The molecule has 0 amide bonds. The van der Waals surface area contributed by atoms with E-state index in [9.17, 15) is 9.90 Å². The first-order chi connectivity index (χ1) is 11.2. The van der Waals surface area contributed by atoms with E-state index >= 15 is 0 Å². The molecule has 0 aliphatic carbocycles. The lowest BCUT2D eigenvalue weighted by Crippen LogP contribution is -1.98. The van der Waals surface area contributed by atoms with Crippen molar-refractivity contribution < 1.29 is 15.0 Å². The van der Waals surface area contributed by atoms with Gasteiger partial charge in [-0.3, -0.25) is 4.79 Å². The van der Waals surface area contributed by atoms with Crippen LogP contribution in [-0.4, -0.2) is 22.3 Å². The minimum Gasteiger partial charge on any atom is -0.481 e. The molecule has 2 N–H and O–H groups in total. The highest BCUT2D eigenvalue weighted by molar-refractivity contribution is 5.66. The SMILES string of the molecule is CCCCC/C=C\C/C=C/C=C/C(O)C/C=C\CCCC(=O)O. The van der Waals surface area contributed by atoms with E-state index in [-0.39, 0.29) is 6.42 Å². The number of allylic oxidation sites excluding steroid dienone is 6. The molecule has 0 saturated carbocycles. The molecule has 0 aliphatic heterocycles. The van der Waals surface area contributed by atoms with Crippen molar-refractivity contribution in [3.05, 3.63) is 48.6 Å². The van der Waals surface area contributed by atoms with Crippen LogP contribution in [0.15, 0.2) is 48.6 Å². The van der Waals surface area contributed by atoms with E-state index in [2.05, 4.69) is 25.2 Å². The monoisotopic (exact) mass is 320 g/mol. The summed E-state index contributed by atoms with van der Waals surface area (Å²) < 4.78 is 0. The molecule has 23 heavy (non-hydrogen) atoms. The zero-order chi connectivity index (χ0) is 17.2. The molecule has 0 heterocycles. The predicted octanol–water partition coefficient (Wildman–Crippen LogP) is 5.19. The lowest BCUT2D eigenvalue weighted by Gasteiger charge is -1.99. The molecule has 0 radical (unpaired) electrons. The van der Waals surface area contributed by atoms with Gasteiger partial charge in [0.15, 0.2) is 0 Å². The Morgan fingerprint density at radius 3 is 2.43 bits per heavy atom. The van der Waals surface area contributed by atoms with Gasteiger partial charge in [0.25, 0.3) is 0 Å². The predicted molar refractivity (Wildman–Crippen MR) is 97.4 cm³/mol. The molecule has 0 saturated heterocycles. The molecule has 0 bridgehead atoms. The van der Waals surface area contributed by atoms with Gasteiger partial charge in [-0.15, -0.1) is 0 Å². The van der Waals surface area contributed by atoms with Gasteiger partial charge in [-0.2, -0.15) is 0 Å². The normalized spacial score (nSPS) is 13.8. The number of aliphatic carboxylic acids is 1. The quantitative estimate of drug-likeness (QED) is 0.263. The first kappa shape index (κ1) is 21.4. The van der Waals surface area contributed by atoms with E-state index < -0.39 is 12.1 Å². The van der Waals surface area contributed by atoms with Crippen molar-refractivity contribution in [3.63, 3.8) is 0 Å². The number of carbonyl (C=O) groups is 1. The third-order valence-electron chi connectivity index (χ3n) is 3.30. The number of hydrogen-bond acceptors (Lipinski definition) is 2. The zero-order valence-electron chi connectivity index (χ0n) is 14.4. The van der Waals surface area contributed by atoms with Gasteiger partial charge < -0.3 is 10.2 Å². The average molecular weight is 320 g/mol. The second-order valence-corrected chi connectivity index (χ2v) is 5.58. The van der Waals surface area contributed by atoms with Gasteiger partial charge in [-0.05, 0) is 38.5 Å². The lowest BCUT2D eigenvalue weighted by atomic mass is 10.2. The van der Waals surface area contributed by atoms with Crippen LogP contribution in [0.1, 0.15) is 64.7 Å². The maximum absolute atomic E-state index is 10.3. The summed E-state index contributed by atoms with van der Waals surface area (Å²) in [5.41, 5.74) is 0. The van der Waals surface area contributed by atoms with Gasteiger partial charge >= 0.3 is 5.97 Å². The Bertz CT molecular complexity index is 392. The summed E-state index contributed by atoms with van der Waals surface area (Å²) in [6.07, 6.45) is 23.5. The third kappa shape index (κ3) is 18.3. The first-order valence-electron chi connectivity index (χ1n) is 8.70. The fourth-order valence-corrected chi connectivity index (χ4v) is 1.96. The molecule has 0 rings (SSSR count). The third-order valence-corrected chi connectivity index (χ3v) is 3.30. The molecule has 3 heteroatoms. The standard InChI is InChI=1S/C20H32O3/c1-2-3-4-5-6-7-8-9-10-13-16-19(21)17-14-11-12-15-18-20(22)23/h6-7,9-11,13-14,16,19,21H,2-5,8,12,15,17-18H2,1H3,(H,22,23)/b7-6-,10-9+,14-11-,16-13+. The van der Waals surface area contributed by atoms with E-state index in [0.29, 0.717) is 12.8 Å². The highest BCUT2D eigenvalue weighted by atomic mass is 16.4. The molecular formula is C20H32O3. The van der Waals surface area contributed by atoms with Crippen LogP contribution in [0.4, 0.5) is 0 Å². The summed E-state index contributed by atoms with van der Waals surface area (Å²) in [7, 11) is 0. The highest BCUT2D eigenvalue weighted by Crippen LogP contribution is 2.02. The number of carboxylic acids is 1. The molecule has 1 unspecified atom stereocenters. The van der Waals surface area contributed by atoms with Crippen LogP contribution in [0, 0.1) is 0 Å². The fourth-order valence-electron chi connectivity index (χ4n) is 1.96. The van der Waals surface area contributed by atoms with Crippen LogP contribution in [0.2, 0.25) is 0 Å². The molecule has 1 atom stereocenters. The molecule has 0 fully saturated rings. The second-order valence-electron chi connectivity index (χ2n) is 5.58. The van der Waals surface area contributed by atoms with Gasteiger partial charge in [-0.25, -0.2) is 0 Å². The summed E-state index contributed by atoms with van der Waals surface area (Å²) in [5.74, 6) is -0.760. The van der Waals surface area contributed by atoms with Crippen molar-refractivity contribution in [2.45, 2.75) is 70.8 Å². The summed E-state index contributed by atoms with van der Waals surface area (Å²) in [4.78, 5) is 10.3. The smallest absolute Gasteiger partial charge is 0.303 e.